The van der Waals surface area contributed by atoms with Crippen molar-refractivity contribution >= 4 is 44.6 Å². The molecule has 0 saturated carbocycles. The number of carbonyl (C=O) groups is 1. The van der Waals surface area contributed by atoms with E-state index in [1.54, 1.807) is 23.6 Å². The summed E-state index contributed by atoms with van der Waals surface area (Å²) in [7, 11) is 0. The molecule has 0 aliphatic carbocycles. The highest BCUT2D eigenvalue weighted by Crippen LogP contribution is 2.31. The number of aromatic hydroxyl groups is 1. The van der Waals surface area contributed by atoms with Crippen LogP contribution in [0.3, 0.4) is 0 Å². The number of hydrogen-bond donors (Lipinski definition) is 3. The van der Waals surface area contributed by atoms with E-state index in [2.05, 4.69) is 37.7 Å². The Bertz CT molecular complexity index is 1130. The van der Waals surface area contributed by atoms with Crippen molar-refractivity contribution in [2.24, 2.45) is 0 Å². The summed E-state index contributed by atoms with van der Waals surface area (Å²) < 4.78 is 2.85. The van der Waals surface area contributed by atoms with Gasteiger partial charge < -0.3 is 15.7 Å². The Morgan fingerprint density at radius 3 is 2.88 bits per heavy atom. The minimum atomic E-state index is 0.0614. The SMILES string of the molecule is O=C(Cc1ccsc1)NCCCCNC1=CC(c2ccccc2O)=CCc2c(Br)cnn21. The van der Waals surface area contributed by atoms with E-state index in [-0.39, 0.29) is 11.7 Å². The Balaban J connectivity index is 1.34. The zero-order valence-electron chi connectivity index (χ0n) is 17.6. The highest BCUT2D eigenvalue weighted by Gasteiger charge is 2.17. The number of benzene rings is 1. The van der Waals surface area contributed by atoms with E-state index in [9.17, 15) is 9.90 Å². The van der Waals surface area contributed by atoms with Crippen LogP contribution in [0.25, 0.3) is 11.4 Å². The lowest BCUT2D eigenvalue weighted by atomic mass is 10.0. The fraction of sp³-hybridized carbons (Fsp3) is 0.250. The molecule has 32 heavy (non-hydrogen) atoms. The van der Waals surface area contributed by atoms with E-state index >= 15 is 0 Å². The lowest BCUT2D eigenvalue weighted by Crippen LogP contribution is -2.27. The number of amides is 1. The van der Waals surface area contributed by atoms with Gasteiger partial charge in [-0.2, -0.15) is 16.4 Å². The molecule has 0 spiro atoms. The number of nitrogens with one attached hydrogen (secondary N) is 2. The van der Waals surface area contributed by atoms with E-state index in [1.807, 2.05) is 45.8 Å². The van der Waals surface area contributed by atoms with Gasteiger partial charge in [0.1, 0.15) is 11.6 Å². The molecule has 0 bridgehead atoms. The van der Waals surface area contributed by atoms with Crippen LogP contribution >= 0.6 is 27.3 Å². The molecular weight excluding hydrogens is 488 g/mol. The van der Waals surface area contributed by atoms with Crippen molar-refractivity contribution in [2.45, 2.75) is 25.7 Å². The average Bonchev–Trinajstić information content (AvgIpc) is 3.38. The smallest absolute Gasteiger partial charge is 0.224 e. The van der Waals surface area contributed by atoms with Crippen molar-refractivity contribution in [3.63, 3.8) is 0 Å². The van der Waals surface area contributed by atoms with Crippen LogP contribution in [0.4, 0.5) is 0 Å². The van der Waals surface area contributed by atoms with Gasteiger partial charge in [-0.3, -0.25) is 4.79 Å². The third kappa shape index (κ3) is 5.49. The van der Waals surface area contributed by atoms with Gasteiger partial charge in [-0.1, -0.05) is 24.3 Å². The molecule has 1 aliphatic heterocycles. The number of phenolic OH excluding ortho intramolecular Hbond substituents is 1. The lowest BCUT2D eigenvalue weighted by Gasteiger charge is -2.13. The molecule has 8 heteroatoms. The van der Waals surface area contributed by atoms with Crippen LogP contribution in [0, 0.1) is 0 Å². The van der Waals surface area contributed by atoms with Crippen molar-refractivity contribution in [3.8, 4) is 5.75 Å². The van der Waals surface area contributed by atoms with Gasteiger partial charge in [0.15, 0.2) is 0 Å². The largest absolute Gasteiger partial charge is 0.507 e. The van der Waals surface area contributed by atoms with Gasteiger partial charge in [0.05, 0.1) is 22.8 Å². The average molecular weight is 513 g/mol. The van der Waals surface area contributed by atoms with E-state index < -0.39 is 0 Å². The maximum Gasteiger partial charge on any atom is 0.224 e. The molecule has 0 radical (unpaired) electrons. The molecule has 6 nitrogen and oxygen atoms in total. The highest BCUT2D eigenvalue weighted by atomic mass is 79.9. The summed E-state index contributed by atoms with van der Waals surface area (Å²) in [6.45, 7) is 1.41. The Hall–Kier alpha value is -2.84. The topological polar surface area (TPSA) is 79.2 Å². The van der Waals surface area contributed by atoms with E-state index in [0.717, 1.165) is 52.1 Å². The monoisotopic (exact) mass is 512 g/mol. The maximum absolute atomic E-state index is 12.0. The molecule has 3 N–H and O–H groups in total. The molecule has 166 valence electrons. The molecule has 1 aliphatic rings. The van der Waals surface area contributed by atoms with Crippen LogP contribution in [-0.4, -0.2) is 33.9 Å². The van der Waals surface area contributed by atoms with E-state index in [0.29, 0.717) is 19.4 Å². The molecule has 0 saturated heterocycles. The molecule has 4 rings (SSSR count). The Morgan fingerprint density at radius 2 is 2.06 bits per heavy atom. The van der Waals surface area contributed by atoms with Gasteiger partial charge in [-0.25, -0.2) is 4.68 Å². The molecular formula is C24H25BrN4O2S. The fourth-order valence-corrected chi connectivity index (χ4v) is 4.68. The number of carbonyl (C=O) groups excluding carboxylic acids is 1. The summed E-state index contributed by atoms with van der Waals surface area (Å²) in [4.78, 5) is 12.0. The third-order valence-corrected chi connectivity index (χ3v) is 6.64. The van der Waals surface area contributed by atoms with E-state index in [1.165, 1.54) is 0 Å². The normalized spacial score (nSPS) is 13.0. The van der Waals surface area contributed by atoms with Crippen molar-refractivity contribution in [1.82, 2.24) is 20.4 Å². The van der Waals surface area contributed by atoms with Crippen LogP contribution < -0.4 is 10.6 Å². The standard InChI is InChI=1S/C24H25BrN4O2S/c25-20-15-28-29-21(20)8-7-18(19-5-1-2-6-22(19)30)14-23(29)26-10-3-4-11-27-24(31)13-17-9-12-32-16-17/h1-2,5-7,9,12,14-16,26,30H,3-4,8,10-11,13H2,(H,27,31). The summed E-state index contributed by atoms with van der Waals surface area (Å²) in [6, 6.07) is 9.33. The van der Waals surface area contributed by atoms with Crippen LogP contribution in [0.15, 0.2) is 63.9 Å². The number of nitrogens with zero attached hydrogens (tertiary/aromatic N) is 2. The molecule has 3 aromatic rings. The lowest BCUT2D eigenvalue weighted by molar-refractivity contribution is -0.120. The van der Waals surface area contributed by atoms with Crippen molar-refractivity contribution in [3.05, 3.63) is 80.7 Å². The van der Waals surface area contributed by atoms with Gasteiger partial charge in [0.2, 0.25) is 5.91 Å². The summed E-state index contributed by atoms with van der Waals surface area (Å²) >= 11 is 5.19. The minimum Gasteiger partial charge on any atom is -0.507 e. The quantitative estimate of drug-likeness (QED) is 0.366. The number of thiophene rings is 1. The summed E-state index contributed by atoms with van der Waals surface area (Å²) in [5.74, 6) is 1.18. The Kier molecular flexibility index (Phi) is 7.44. The predicted octanol–water partition coefficient (Wildman–Crippen LogP) is 4.58. The first-order valence-corrected chi connectivity index (χ1v) is 12.3. The first-order chi connectivity index (χ1) is 15.6. The van der Waals surface area contributed by atoms with Gasteiger partial charge >= 0.3 is 0 Å². The molecule has 1 aromatic carbocycles. The van der Waals surface area contributed by atoms with Crippen molar-refractivity contribution < 1.29 is 9.90 Å². The van der Waals surface area contributed by atoms with Gasteiger partial charge in [0, 0.05) is 25.1 Å². The number of rotatable bonds is 9. The second-order valence-corrected chi connectivity index (χ2v) is 9.19. The Labute approximate surface area is 199 Å². The number of para-hydroxylation sites is 1. The maximum atomic E-state index is 12.0. The molecule has 0 fully saturated rings. The number of fused-ring (bicyclic) bond motifs is 1. The number of allylic oxidation sites excluding steroid dienone is 3. The molecule has 2 aromatic heterocycles. The number of halogens is 1. The number of unbranched alkanes of at least 4 members (excludes halogenated alkanes) is 1. The van der Waals surface area contributed by atoms with Gasteiger partial charge in [0.25, 0.3) is 0 Å². The summed E-state index contributed by atoms with van der Waals surface area (Å²) in [6.07, 6.45) is 8.84. The molecule has 3 heterocycles. The second kappa shape index (κ2) is 10.7. The van der Waals surface area contributed by atoms with Crippen LogP contribution in [-0.2, 0) is 17.6 Å². The van der Waals surface area contributed by atoms with Crippen LogP contribution in [0.2, 0.25) is 0 Å². The highest BCUT2D eigenvalue weighted by molar-refractivity contribution is 9.10. The molecule has 1 amide bonds. The van der Waals surface area contributed by atoms with Gasteiger partial charge in [-0.15, -0.1) is 0 Å². The minimum absolute atomic E-state index is 0.0614. The number of hydrogen-bond acceptors (Lipinski definition) is 5. The predicted molar refractivity (Wildman–Crippen MR) is 132 cm³/mol. The summed E-state index contributed by atoms with van der Waals surface area (Å²) in [5, 5.41) is 25.3. The van der Waals surface area contributed by atoms with E-state index in [4.69, 9.17) is 0 Å². The fourth-order valence-electron chi connectivity index (χ4n) is 3.59. The molecule has 0 unspecified atom stereocenters. The Morgan fingerprint density at radius 1 is 1.22 bits per heavy atom. The number of phenols is 1. The summed E-state index contributed by atoms with van der Waals surface area (Å²) in [5.41, 5.74) is 3.85. The zero-order valence-corrected chi connectivity index (χ0v) is 20.0. The van der Waals surface area contributed by atoms with Crippen LogP contribution in [0.1, 0.15) is 29.7 Å². The second-order valence-electron chi connectivity index (χ2n) is 7.55. The van der Waals surface area contributed by atoms with Crippen molar-refractivity contribution in [1.29, 1.82) is 0 Å². The number of aromatic nitrogens is 2. The first kappa shape index (κ1) is 22.4. The molecule has 0 atom stereocenters. The van der Waals surface area contributed by atoms with Crippen LogP contribution in [0.5, 0.6) is 5.75 Å². The van der Waals surface area contributed by atoms with Gasteiger partial charge in [-0.05, 0) is 68.9 Å². The third-order valence-electron chi connectivity index (χ3n) is 5.25. The first-order valence-electron chi connectivity index (χ1n) is 10.6. The van der Waals surface area contributed by atoms with Crippen molar-refractivity contribution in [2.75, 3.05) is 13.1 Å². The zero-order chi connectivity index (χ0) is 22.3.